The summed E-state index contributed by atoms with van der Waals surface area (Å²) in [6.45, 7) is 9.00. The van der Waals surface area contributed by atoms with E-state index in [0.29, 0.717) is 19.4 Å². The smallest absolute Gasteiger partial charge is 0.306 e. The molecule has 0 bridgehead atoms. The lowest BCUT2D eigenvalue weighted by Crippen LogP contribution is -2.48. The van der Waals surface area contributed by atoms with Crippen molar-refractivity contribution in [3.05, 3.63) is 0 Å². The molecule has 2 unspecified atom stereocenters. The molecule has 0 aromatic carbocycles. The van der Waals surface area contributed by atoms with E-state index in [9.17, 15) is 14.4 Å². The number of carbonyl (C=O) groups excluding carboxylic acids is 2. The minimum atomic E-state index is -0.831. The number of amides is 2. The summed E-state index contributed by atoms with van der Waals surface area (Å²) in [5.41, 5.74) is -0.536. The Morgan fingerprint density at radius 1 is 1.15 bits per heavy atom. The van der Waals surface area contributed by atoms with Crippen LogP contribution in [0.5, 0.6) is 0 Å². The third kappa shape index (κ3) is 7.11. The Morgan fingerprint density at radius 2 is 1.70 bits per heavy atom. The molecule has 0 rings (SSSR count). The molecule has 0 radical (unpaired) electrons. The molecule has 0 fully saturated rings. The van der Waals surface area contributed by atoms with Crippen molar-refractivity contribution in [2.45, 2.75) is 53.5 Å². The van der Waals surface area contributed by atoms with Gasteiger partial charge in [0, 0.05) is 12.0 Å². The molecule has 2 amide bonds. The fourth-order valence-electron chi connectivity index (χ4n) is 1.38. The van der Waals surface area contributed by atoms with Crippen LogP contribution in [0.1, 0.15) is 47.5 Å². The van der Waals surface area contributed by atoms with Crippen molar-refractivity contribution in [3.63, 3.8) is 0 Å². The summed E-state index contributed by atoms with van der Waals surface area (Å²) in [6.07, 6.45) is 1.11. The van der Waals surface area contributed by atoms with Gasteiger partial charge in [-0.2, -0.15) is 0 Å². The van der Waals surface area contributed by atoms with Crippen LogP contribution in [0.3, 0.4) is 0 Å². The fourth-order valence-corrected chi connectivity index (χ4v) is 1.38. The number of carboxylic acids is 1. The van der Waals surface area contributed by atoms with Gasteiger partial charge < -0.3 is 15.7 Å². The standard InChI is InChI=1S/C14H26N2O4/c1-9(12(18)19)7-6-8-15-11(17)10(2)16-13(20)14(3,4)5/h9-10H,6-8H2,1-5H3,(H,15,17)(H,16,20)(H,18,19). The maximum Gasteiger partial charge on any atom is 0.306 e. The molecule has 3 N–H and O–H groups in total. The quantitative estimate of drug-likeness (QED) is 0.612. The molecule has 0 aliphatic heterocycles. The van der Waals surface area contributed by atoms with Crippen LogP contribution in [0.2, 0.25) is 0 Å². The highest BCUT2D eigenvalue weighted by atomic mass is 16.4. The first-order valence-corrected chi connectivity index (χ1v) is 6.87. The predicted molar refractivity (Wildman–Crippen MR) is 76.1 cm³/mol. The second-order valence-electron chi connectivity index (χ2n) is 6.12. The van der Waals surface area contributed by atoms with E-state index in [1.165, 1.54) is 0 Å². The van der Waals surface area contributed by atoms with Crippen LogP contribution < -0.4 is 10.6 Å². The van der Waals surface area contributed by atoms with E-state index in [0.717, 1.165) is 0 Å². The van der Waals surface area contributed by atoms with Gasteiger partial charge in [-0.3, -0.25) is 14.4 Å². The average molecular weight is 286 g/mol. The van der Waals surface area contributed by atoms with Gasteiger partial charge in [-0.05, 0) is 19.8 Å². The van der Waals surface area contributed by atoms with Crippen molar-refractivity contribution in [1.82, 2.24) is 10.6 Å². The van der Waals surface area contributed by atoms with E-state index >= 15 is 0 Å². The first-order valence-electron chi connectivity index (χ1n) is 6.87. The summed E-state index contributed by atoms with van der Waals surface area (Å²) in [6, 6.07) is -0.598. The number of nitrogens with one attached hydrogen (secondary N) is 2. The molecule has 6 nitrogen and oxygen atoms in total. The van der Waals surface area contributed by atoms with Gasteiger partial charge in [-0.25, -0.2) is 0 Å². The lowest BCUT2D eigenvalue weighted by atomic mass is 9.95. The Bertz CT molecular complexity index is 361. The average Bonchev–Trinajstić information content (AvgIpc) is 2.32. The monoisotopic (exact) mass is 286 g/mol. The van der Waals surface area contributed by atoms with Crippen LogP contribution in [-0.4, -0.2) is 35.5 Å². The van der Waals surface area contributed by atoms with Crippen LogP contribution in [0.15, 0.2) is 0 Å². The highest BCUT2D eigenvalue weighted by molar-refractivity contribution is 5.89. The van der Waals surface area contributed by atoms with Gasteiger partial charge in [0.2, 0.25) is 11.8 Å². The van der Waals surface area contributed by atoms with E-state index in [4.69, 9.17) is 5.11 Å². The molecule has 0 spiro atoms. The minimum Gasteiger partial charge on any atom is -0.481 e. The van der Waals surface area contributed by atoms with Gasteiger partial charge in [-0.15, -0.1) is 0 Å². The van der Waals surface area contributed by atoms with Crippen molar-refractivity contribution in [2.24, 2.45) is 11.3 Å². The second kappa shape index (κ2) is 7.87. The molecule has 0 aliphatic carbocycles. The molecular weight excluding hydrogens is 260 g/mol. The maximum atomic E-state index is 11.7. The number of rotatable bonds is 7. The predicted octanol–water partition coefficient (Wildman–Crippen LogP) is 1.15. The van der Waals surface area contributed by atoms with E-state index in [1.807, 2.05) is 0 Å². The lowest BCUT2D eigenvalue weighted by Gasteiger charge is -2.21. The molecule has 6 heteroatoms. The Kier molecular flexibility index (Phi) is 7.24. The number of aliphatic carboxylic acids is 1. The Balaban J connectivity index is 3.98. The SMILES string of the molecule is CC(CCCNC(=O)C(C)NC(=O)C(C)(C)C)C(=O)O. The van der Waals surface area contributed by atoms with Crippen molar-refractivity contribution < 1.29 is 19.5 Å². The third-order valence-electron chi connectivity index (χ3n) is 2.96. The summed E-state index contributed by atoms with van der Waals surface area (Å²) in [7, 11) is 0. The number of hydrogen-bond donors (Lipinski definition) is 3. The summed E-state index contributed by atoms with van der Waals surface area (Å²) >= 11 is 0. The molecule has 2 atom stereocenters. The molecule has 116 valence electrons. The summed E-state index contributed by atoms with van der Waals surface area (Å²) in [5, 5.41) is 14.0. The highest BCUT2D eigenvalue weighted by Gasteiger charge is 2.24. The van der Waals surface area contributed by atoms with Crippen LogP contribution in [0.25, 0.3) is 0 Å². The van der Waals surface area contributed by atoms with Crippen molar-refractivity contribution >= 4 is 17.8 Å². The van der Waals surface area contributed by atoms with Gasteiger partial charge in [0.1, 0.15) is 6.04 Å². The van der Waals surface area contributed by atoms with Crippen molar-refractivity contribution in [2.75, 3.05) is 6.54 Å². The molecule has 20 heavy (non-hydrogen) atoms. The van der Waals surface area contributed by atoms with Crippen LogP contribution >= 0.6 is 0 Å². The van der Waals surface area contributed by atoms with E-state index in [2.05, 4.69) is 10.6 Å². The summed E-state index contributed by atoms with van der Waals surface area (Å²) < 4.78 is 0. The van der Waals surface area contributed by atoms with E-state index in [-0.39, 0.29) is 11.8 Å². The molecule has 0 saturated heterocycles. The van der Waals surface area contributed by atoms with Crippen molar-refractivity contribution in [1.29, 1.82) is 0 Å². The van der Waals surface area contributed by atoms with Gasteiger partial charge in [-0.1, -0.05) is 27.7 Å². The van der Waals surface area contributed by atoms with E-state index in [1.54, 1.807) is 34.6 Å². The molecule has 0 aromatic heterocycles. The third-order valence-corrected chi connectivity index (χ3v) is 2.96. The second-order valence-corrected chi connectivity index (χ2v) is 6.12. The zero-order valence-corrected chi connectivity index (χ0v) is 12.9. The minimum absolute atomic E-state index is 0.181. The van der Waals surface area contributed by atoms with Gasteiger partial charge >= 0.3 is 5.97 Å². The first-order chi connectivity index (χ1) is 9.05. The zero-order valence-electron chi connectivity index (χ0n) is 12.9. The van der Waals surface area contributed by atoms with E-state index < -0.39 is 23.3 Å². The lowest BCUT2D eigenvalue weighted by molar-refractivity contribution is -0.141. The molecular formula is C14H26N2O4. The maximum absolute atomic E-state index is 11.7. The Morgan fingerprint density at radius 3 is 2.15 bits per heavy atom. The van der Waals surface area contributed by atoms with Crippen LogP contribution in [0.4, 0.5) is 0 Å². The molecule has 0 saturated carbocycles. The normalized spacial score (nSPS) is 14.2. The van der Waals surface area contributed by atoms with Gasteiger partial charge in [0.15, 0.2) is 0 Å². The topological polar surface area (TPSA) is 95.5 Å². The zero-order chi connectivity index (χ0) is 15.9. The largest absolute Gasteiger partial charge is 0.481 e. The number of carboxylic acid groups (broad SMARTS) is 1. The first kappa shape index (κ1) is 18.4. The molecule has 0 aliphatic rings. The molecule has 0 heterocycles. The summed E-state index contributed by atoms with van der Waals surface area (Å²) in [4.78, 5) is 34.1. The van der Waals surface area contributed by atoms with Crippen LogP contribution in [0, 0.1) is 11.3 Å². The Labute approximate surface area is 120 Å². The fraction of sp³-hybridized carbons (Fsp3) is 0.786. The molecule has 0 aromatic rings. The van der Waals surface area contributed by atoms with Gasteiger partial charge in [0.25, 0.3) is 0 Å². The highest BCUT2D eigenvalue weighted by Crippen LogP contribution is 2.12. The van der Waals surface area contributed by atoms with Crippen LogP contribution in [-0.2, 0) is 14.4 Å². The number of carbonyl (C=O) groups is 3. The summed E-state index contributed by atoms with van der Waals surface area (Å²) in [5.74, 6) is -1.68. The number of hydrogen-bond acceptors (Lipinski definition) is 3. The Hall–Kier alpha value is -1.59. The van der Waals surface area contributed by atoms with Gasteiger partial charge in [0.05, 0.1) is 5.92 Å². The van der Waals surface area contributed by atoms with Crippen molar-refractivity contribution in [3.8, 4) is 0 Å².